The van der Waals surface area contributed by atoms with Gasteiger partial charge in [-0.05, 0) is 31.6 Å². The third-order valence-corrected chi connectivity index (χ3v) is 4.49. The predicted molar refractivity (Wildman–Crippen MR) is 81.7 cm³/mol. The summed E-state index contributed by atoms with van der Waals surface area (Å²) in [6.45, 7) is 1.97. The van der Waals surface area contributed by atoms with Crippen LogP contribution < -0.4 is 10.2 Å². The average molecular weight is 274 g/mol. The summed E-state index contributed by atoms with van der Waals surface area (Å²) in [5, 5.41) is 3.47. The standard InChI is InChI=1S/C16H26N4/c1-20(12-13-5-3-2-4-6-13)16-11-18-15(10-19-16)9-17-14-7-8-14/h10-11,13-14,17H,2-9,12H2,1H3. The highest BCUT2D eigenvalue weighted by molar-refractivity contribution is 5.34. The first-order chi connectivity index (χ1) is 9.81. The van der Waals surface area contributed by atoms with Crippen LogP contribution in [0.3, 0.4) is 0 Å². The van der Waals surface area contributed by atoms with Gasteiger partial charge in [-0.1, -0.05) is 19.3 Å². The monoisotopic (exact) mass is 274 g/mol. The van der Waals surface area contributed by atoms with E-state index < -0.39 is 0 Å². The van der Waals surface area contributed by atoms with Gasteiger partial charge in [-0.2, -0.15) is 0 Å². The van der Waals surface area contributed by atoms with Gasteiger partial charge in [-0.15, -0.1) is 0 Å². The van der Waals surface area contributed by atoms with Crippen LogP contribution in [0.1, 0.15) is 50.6 Å². The Morgan fingerprint density at radius 2 is 1.90 bits per heavy atom. The first-order valence-electron chi connectivity index (χ1n) is 8.07. The van der Waals surface area contributed by atoms with Crippen molar-refractivity contribution < 1.29 is 0 Å². The van der Waals surface area contributed by atoms with Crippen molar-refractivity contribution in [2.45, 2.75) is 57.5 Å². The first-order valence-corrected chi connectivity index (χ1v) is 8.07. The van der Waals surface area contributed by atoms with Gasteiger partial charge in [0.2, 0.25) is 0 Å². The van der Waals surface area contributed by atoms with E-state index in [0.717, 1.165) is 36.6 Å². The van der Waals surface area contributed by atoms with Crippen LogP contribution in [0.4, 0.5) is 5.82 Å². The van der Waals surface area contributed by atoms with Crippen LogP contribution in [0.25, 0.3) is 0 Å². The van der Waals surface area contributed by atoms with E-state index in [1.54, 1.807) is 0 Å². The van der Waals surface area contributed by atoms with E-state index in [-0.39, 0.29) is 0 Å². The second-order valence-electron chi connectivity index (χ2n) is 6.41. The van der Waals surface area contributed by atoms with Gasteiger partial charge in [0.1, 0.15) is 5.82 Å². The molecule has 2 aliphatic rings. The summed E-state index contributed by atoms with van der Waals surface area (Å²) >= 11 is 0. The summed E-state index contributed by atoms with van der Waals surface area (Å²) in [5.41, 5.74) is 1.05. The van der Waals surface area contributed by atoms with E-state index >= 15 is 0 Å². The molecule has 110 valence electrons. The molecule has 2 fully saturated rings. The fourth-order valence-electron chi connectivity index (χ4n) is 3.02. The van der Waals surface area contributed by atoms with Gasteiger partial charge >= 0.3 is 0 Å². The molecule has 0 amide bonds. The summed E-state index contributed by atoms with van der Waals surface area (Å²) in [6, 6.07) is 0.727. The summed E-state index contributed by atoms with van der Waals surface area (Å²) in [7, 11) is 2.14. The zero-order valence-corrected chi connectivity index (χ0v) is 12.5. The average Bonchev–Trinajstić information content (AvgIpc) is 3.31. The Labute approximate surface area is 122 Å². The fraction of sp³-hybridized carbons (Fsp3) is 0.750. The van der Waals surface area contributed by atoms with Gasteiger partial charge in [0.05, 0.1) is 18.1 Å². The summed E-state index contributed by atoms with van der Waals surface area (Å²) < 4.78 is 0. The Morgan fingerprint density at radius 3 is 2.55 bits per heavy atom. The van der Waals surface area contributed by atoms with Gasteiger partial charge in [-0.25, -0.2) is 4.98 Å². The van der Waals surface area contributed by atoms with E-state index in [2.05, 4.69) is 27.2 Å². The van der Waals surface area contributed by atoms with Crippen molar-refractivity contribution in [3.63, 3.8) is 0 Å². The zero-order chi connectivity index (χ0) is 13.8. The molecule has 0 aromatic carbocycles. The molecule has 20 heavy (non-hydrogen) atoms. The van der Waals surface area contributed by atoms with Crippen molar-refractivity contribution in [2.24, 2.45) is 5.92 Å². The number of hydrogen-bond donors (Lipinski definition) is 1. The van der Waals surface area contributed by atoms with E-state index in [1.165, 1.54) is 44.9 Å². The molecule has 0 bridgehead atoms. The quantitative estimate of drug-likeness (QED) is 0.866. The van der Waals surface area contributed by atoms with Gasteiger partial charge in [0.15, 0.2) is 0 Å². The lowest BCUT2D eigenvalue weighted by atomic mass is 9.89. The second kappa shape index (κ2) is 6.53. The molecular weight excluding hydrogens is 248 g/mol. The lowest BCUT2D eigenvalue weighted by molar-refractivity contribution is 0.361. The van der Waals surface area contributed by atoms with E-state index in [1.807, 2.05) is 12.4 Å². The Hall–Kier alpha value is -1.16. The van der Waals surface area contributed by atoms with Crippen molar-refractivity contribution in [1.82, 2.24) is 15.3 Å². The van der Waals surface area contributed by atoms with Crippen LogP contribution >= 0.6 is 0 Å². The molecule has 0 saturated heterocycles. The molecule has 0 radical (unpaired) electrons. The van der Waals surface area contributed by atoms with Crippen molar-refractivity contribution in [2.75, 3.05) is 18.5 Å². The first kappa shape index (κ1) is 13.8. The smallest absolute Gasteiger partial charge is 0.146 e. The van der Waals surface area contributed by atoms with E-state index in [4.69, 9.17) is 0 Å². The summed E-state index contributed by atoms with van der Waals surface area (Å²) in [4.78, 5) is 11.4. The van der Waals surface area contributed by atoms with Crippen molar-refractivity contribution in [3.05, 3.63) is 18.1 Å². The van der Waals surface area contributed by atoms with E-state index in [9.17, 15) is 0 Å². The van der Waals surface area contributed by atoms with Crippen molar-refractivity contribution >= 4 is 5.82 Å². The summed E-state index contributed by atoms with van der Waals surface area (Å²) in [6.07, 6.45) is 13.4. The Balaban J connectivity index is 1.49. The number of rotatable bonds is 6. The molecule has 3 rings (SSSR count). The number of nitrogens with one attached hydrogen (secondary N) is 1. The second-order valence-corrected chi connectivity index (χ2v) is 6.41. The molecule has 1 N–H and O–H groups in total. The Bertz CT molecular complexity index is 407. The van der Waals surface area contributed by atoms with Crippen molar-refractivity contribution in [1.29, 1.82) is 0 Å². The predicted octanol–water partition coefficient (Wildman–Crippen LogP) is 2.75. The van der Waals surface area contributed by atoms with Gasteiger partial charge in [0.25, 0.3) is 0 Å². The maximum Gasteiger partial charge on any atom is 0.146 e. The maximum absolute atomic E-state index is 4.57. The Morgan fingerprint density at radius 1 is 1.10 bits per heavy atom. The molecule has 0 unspecified atom stereocenters. The maximum atomic E-state index is 4.57. The van der Waals surface area contributed by atoms with Gasteiger partial charge < -0.3 is 10.2 Å². The Kier molecular flexibility index (Phi) is 4.51. The molecular formula is C16H26N4. The summed E-state index contributed by atoms with van der Waals surface area (Å²) in [5.74, 6) is 1.84. The molecule has 1 heterocycles. The molecule has 0 atom stereocenters. The minimum Gasteiger partial charge on any atom is -0.358 e. The molecule has 1 aromatic rings. The van der Waals surface area contributed by atoms with Crippen LogP contribution in [-0.4, -0.2) is 29.6 Å². The van der Waals surface area contributed by atoms with E-state index in [0.29, 0.717) is 0 Å². The zero-order valence-electron chi connectivity index (χ0n) is 12.5. The van der Waals surface area contributed by atoms with Crippen LogP contribution in [0.2, 0.25) is 0 Å². The molecule has 2 saturated carbocycles. The van der Waals surface area contributed by atoms with Crippen LogP contribution in [0.5, 0.6) is 0 Å². The highest BCUT2D eigenvalue weighted by Gasteiger charge is 2.20. The lowest BCUT2D eigenvalue weighted by Crippen LogP contribution is -2.27. The topological polar surface area (TPSA) is 41.1 Å². The van der Waals surface area contributed by atoms with Gasteiger partial charge in [-0.3, -0.25) is 4.98 Å². The minimum absolute atomic E-state index is 0.727. The third kappa shape index (κ3) is 3.92. The highest BCUT2D eigenvalue weighted by Crippen LogP contribution is 2.25. The molecule has 1 aromatic heterocycles. The molecule has 0 spiro atoms. The highest BCUT2D eigenvalue weighted by atomic mass is 15.2. The number of hydrogen-bond acceptors (Lipinski definition) is 4. The molecule has 2 aliphatic carbocycles. The molecule has 0 aliphatic heterocycles. The largest absolute Gasteiger partial charge is 0.358 e. The molecule has 4 heteroatoms. The minimum atomic E-state index is 0.727. The number of aromatic nitrogens is 2. The molecule has 4 nitrogen and oxygen atoms in total. The van der Waals surface area contributed by atoms with Crippen LogP contribution in [0, 0.1) is 5.92 Å². The van der Waals surface area contributed by atoms with Gasteiger partial charge in [0, 0.05) is 26.2 Å². The van der Waals surface area contributed by atoms with Crippen molar-refractivity contribution in [3.8, 4) is 0 Å². The lowest BCUT2D eigenvalue weighted by Gasteiger charge is -2.27. The number of anilines is 1. The SMILES string of the molecule is CN(CC1CCCCC1)c1cnc(CNC2CC2)cn1. The normalized spacial score (nSPS) is 20.1. The fourth-order valence-corrected chi connectivity index (χ4v) is 3.02. The third-order valence-electron chi connectivity index (χ3n) is 4.49. The number of nitrogens with zero attached hydrogens (tertiary/aromatic N) is 3. The van der Waals surface area contributed by atoms with Crippen LogP contribution in [-0.2, 0) is 6.54 Å². The van der Waals surface area contributed by atoms with Crippen LogP contribution in [0.15, 0.2) is 12.4 Å².